The largest absolute Gasteiger partial charge is 0.477 e. The zero-order valence-electron chi connectivity index (χ0n) is 9.68. The fraction of sp³-hybridized carbons (Fsp3) is 0. The molecule has 0 saturated carbocycles. The topological polar surface area (TPSA) is 124 Å². The van der Waals surface area contributed by atoms with Gasteiger partial charge in [0.1, 0.15) is 5.02 Å². The summed E-state index contributed by atoms with van der Waals surface area (Å²) in [4.78, 5) is 36.2. The van der Waals surface area contributed by atoms with Gasteiger partial charge in [0.2, 0.25) is 0 Å². The first kappa shape index (κ1) is 16.0. The Morgan fingerprint density at radius 1 is 1.15 bits per heavy atom. The maximum absolute atomic E-state index is 11.8. The van der Waals surface area contributed by atoms with E-state index in [-0.39, 0.29) is 11.2 Å². The number of aromatic nitrogens is 2. The Labute approximate surface area is 121 Å². The normalized spacial score (nSPS) is 9.90. The van der Waals surface area contributed by atoms with Gasteiger partial charge in [-0.05, 0) is 24.3 Å². The van der Waals surface area contributed by atoms with Gasteiger partial charge in [0, 0.05) is 5.02 Å². The second-order valence-corrected chi connectivity index (χ2v) is 4.35. The number of aromatic amines is 1. The van der Waals surface area contributed by atoms with Gasteiger partial charge >= 0.3 is 11.7 Å². The summed E-state index contributed by atoms with van der Waals surface area (Å²) < 4.78 is 0.794. The Kier molecular flexibility index (Phi) is 4.72. The molecule has 0 radical (unpaired) electrons. The van der Waals surface area contributed by atoms with E-state index >= 15 is 0 Å². The van der Waals surface area contributed by atoms with E-state index < -0.39 is 27.9 Å². The van der Waals surface area contributed by atoms with Gasteiger partial charge in [-0.15, -0.1) is 0 Å². The van der Waals surface area contributed by atoms with Crippen molar-refractivity contribution in [3.63, 3.8) is 0 Å². The third-order valence-corrected chi connectivity index (χ3v) is 2.94. The van der Waals surface area contributed by atoms with E-state index in [9.17, 15) is 14.4 Å². The molecule has 0 amide bonds. The number of H-pyrrole nitrogens is 1. The quantitative estimate of drug-likeness (QED) is 0.845. The number of rotatable bonds is 2. The summed E-state index contributed by atoms with van der Waals surface area (Å²) in [7, 11) is 0. The second-order valence-electron chi connectivity index (χ2n) is 3.54. The van der Waals surface area contributed by atoms with Crippen LogP contribution < -0.4 is 11.2 Å². The lowest BCUT2D eigenvalue weighted by Crippen LogP contribution is -2.34. The predicted molar refractivity (Wildman–Crippen MR) is 73.3 cm³/mol. The molecule has 0 aliphatic carbocycles. The van der Waals surface area contributed by atoms with Crippen LogP contribution in [-0.2, 0) is 0 Å². The first-order valence-corrected chi connectivity index (χ1v) is 5.71. The van der Waals surface area contributed by atoms with Crippen LogP contribution in [0.3, 0.4) is 0 Å². The van der Waals surface area contributed by atoms with Crippen molar-refractivity contribution in [3.8, 4) is 5.69 Å². The molecular formula is C11H8Cl2N2O5. The molecule has 0 unspecified atom stereocenters. The van der Waals surface area contributed by atoms with Crippen LogP contribution in [0.15, 0.2) is 33.9 Å². The highest BCUT2D eigenvalue weighted by Gasteiger charge is 2.20. The summed E-state index contributed by atoms with van der Waals surface area (Å²) in [6.07, 6.45) is 0. The minimum absolute atomic E-state index is 0. The van der Waals surface area contributed by atoms with Gasteiger partial charge in [-0.2, -0.15) is 0 Å². The van der Waals surface area contributed by atoms with Crippen LogP contribution in [0.1, 0.15) is 10.5 Å². The molecule has 1 aromatic heterocycles. The molecule has 0 fully saturated rings. The molecule has 1 heterocycles. The number of nitrogens with one attached hydrogen (secondary N) is 1. The number of hydrogen-bond acceptors (Lipinski definition) is 3. The highest BCUT2D eigenvalue weighted by Crippen LogP contribution is 2.16. The van der Waals surface area contributed by atoms with Crippen molar-refractivity contribution < 1.29 is 15.4 Å². The number of benzene rings is 1. The molecule has 106 valence electrons. The Morgan fingerprint density at radius 3 is 2.20 bits per heavy atom. The molecule has 0 bridgehead atoms. The van der Waals surface area contributed by atoms with Crippen molar-refractivity contribution in [2.45, 2.75) is 0 Å². The highest BCUT2D eigenvalue weighted by molar-refractivity contribution is 6.33. The Hall–Kier alpha value is -2.09. The summed E-state index contributed by atoms with van der Waals surface area (Å²) in [6.45, 7) is 0. The van der Waals surface area contributed by atoms with E-state index in [0.29, 0.717) is 5.02 Å². The molecule has 0 saturated heterocycles. The average molecular weight is 319 g/mol. The van der Waals surface area contributed by atoms with Crippen LogP contribution in [0, 0.1) is 0 Å². The number of nitrogens with zero attached hydrogens (tertiary/aromatic N) is 1. The molecule has 0 aliphatic rings. The van der Waals surface area contributed by atoms with Gasteiger partial charge < -0.3 is 10.6 Å². The zero-order chi connectivity index (χ0) is 14.2. The van der Waals surface area contributed by atoms with Crippen LogP contribution in [-0.4, -0.2) is 26.1 Å². The van der Waals surface area contributed by atoms with E-state index in [1.165, 1.54) is 24.3 Å². The van der Waals surface area contributed by atoms with Crippen molar-refractivity contribution in [1.82, 2.24) is 9.55 Å². The first-order chi connectivity index (χ1) is 8.91. The number of carboxylic acid groups (broad SMARTS) is 1. The van der Waals surface area contributed by atoms with Crippen molar-refractivity contribution in [2.75, 3.05) is 0 Å². The van der Waals surface area contributed by atoms with Crippen LogP contribution in [0.5, 0.6) is 0 Å². The Bertz CT molecular complexity index is 764. The average Bonchev–Trinajstić information content (AvgIpc) is 2.34. The minimum atomic E-state index is -1.48. The van der Waals surface area contributed by atoms with Crippen molar-refractivity contribution in [1.29, 1.82) is 0 Å². The maximum Gasteiger partial charge on any atom is 0.354 e. The SMILES string of the molecule is O.O=C(O)c1c(Cl)c(=O)[nH]c(=O)n1-c1ccc(Cl)cc1. The van der Waals surface area contributed by atoms with E-state index in [2.05, 4.69) is 0 Å². The lowest BCUT2D eigenvalue weighted by Gasteiger charge is -2.10. The van der Waals surface area contributed by atoms with Gasteiger partial charge in [-0.1, -0.05) is 23.2 Å². The monoisotopic (exact) mass is 318 g/mol. The predicted octanol–water partition coefficient (Wildman–Crippen LogP) is 0.706. The Balaban J connectivity index is 0.00000200. The van der Waals surface area contributed by atoms with Crippen LogP contribution in [0.25, 0.3) is 5.69 Å². The number of carboxylic acids is 1. The standard InChI is InChI=1S/C11H6Cl2N2O4.H2O/c12-5-1-3-6(4-2-5)15-8(10(17)18)7(13)9(16)14-11(15)19;/h1-4H,(H,17,18)(H,14,16,19);1H2. The number of carbonyl (C=O) groups is 1. The number of halogens is 2. The maximum atomic E-state index is 11.8. The molecule has 2 rings (SSSR count). The van der Waals surface area contributed by atoms with Crippen LogP contribution in [0.2, 0.25) is 10.0 Å². The van der Waals surface area contributed by atoms with Crippen molar-refractivity contribution in [3.05, 3.63) is 60.8 Å². The number of aromatic carboxylic acids is 1. The molecular weight excluding hydrogens is 311 g/mol. The fourth-order valence-corrected chi connectivity index (χ4v) is 1.88. The van der Waals surface area contributed by atoms with E-state index in [1.54, 1.807) is 0 Å². The van der Waals surface area contributed by atoms with Gasteiger partial charge in [-0.25, -0.2) is 9.59 Å². The highest BCUT2D eigenvalue weighted by atomic mass is 35.5. The molecule has 0 atom stereocenters. The molecule has 9 heteroatoms. The fourth-order valence-electron chi connectivity index (χ4n) is 1.54. The number of hydrogen-bond donors (Lipinski definition) is 2. The molecule has 20 heavy (non-hydrogen) atoms. The smallest absolute Gasteiger partial charge is 0.354 e. The van der Waals surface area contributed by atoms with Gasteiger partial charge in [0.05, 0.1) is 5.69 Å². The van der Waals surface area contributed by atoms with Crippen LogP contribution >= 0.6 is 23.2 Å². The molecule has 4 N–H and O–H groups in total. The minimum Gasteiger partial charge on any atom is -0.477 e. The Morgan fingerprint density at radius 2 is 1.70 bits per heavy atom. The summed E-state index contributed by atoms with van der Waals surface area (Å²) in [5.74, 6) is -1.48. The second kappa shape index (κ2) is 5.91. The van der Waals surface area contributed by atoms with Gasteiger partial charge in [0.15, 0.2) is 5.69 Å². The molecule has 1 aromatic carbocycles. The first-order valence-electron chi connectivity index (χ1n) is 4.96. The summed E-state index contributed by atoms with van der Waals surface area (Å²) >= 11 is 11.3. The van der Waals surface area contributed by atoms with Gasteiger partial charge in [0.25, 0.3) is 5.56 Å². The molecule has 0 aliphatic heterocycles. The van der Waals surface area contributed by atoms with E-state index in [4.69, 9.17) is 28.3 Å². The lowest BCUT2D eigenvalue weighted by molar-refractivity contribution is 0.0686. The van der Waals surface area contributed by atoms with E-state index in [0.717, 1.165) is 4.57 Å². The lowest BCUT2D eigenvalue weighted by atomic mass is 10.3. The molecule has 7 nitrogen and oxygen atoms in total. The van der Waals surface area contributed by atoms with Crippen LogP contribution in [0.4, 0.5) is 0 Å². The van der Waals surface area contributed by atoms with Crippen molar-refractivity contribution in [2.24, 2.45) is 0 Å². The third kappa shape index (κ3) is 2.74. The molecule has 2 aromatic rings. The zero-order valence-corrected chi connectivity index (χ0v) is 11.2. The van der Waals surface area contributed by atoms with Crippen molar-refractivity contribution >= 4 is 29.2 Å². The summed E-state index contributed by atoms with van der Waals surface area (Å²) in [5, 5.41) is 8.94. The molecule has 0 spiro atoms. The van der Waals surface area contributed by atoms with Gasteiger partial charge in [-0.3, -0.25) is 14.3 Å². The summed E-state index contributed by atoms with van der Waals surface area (Å²) in [5.41, 5.74) is -2.22. The third-order valence-electron chi connectivity index (χ3n) is 2.34. The van der Waals surface area contributed by atoms with E-state index in [1.807, 2.05) is 4.98 Å². The summed E-state index contributed by atoms with van der Waals surface area (Å²) in [6, 6.07) is 5.83.